The zero-order chi connectivity index (χ0) is 13.2. The van der Waals surface area contributed by atoms with Gasteiger partial charge in [-0.15, -0.1) is 0 Å². The highest BCUT2D eigenvalue weighted by atomic mass is 16.3. The first kappa shape index (κ1) is 12.7. The first-order valence-corrected chi connectivity index (χ1v) is 7.25. The minimum Gasteiger partial charge on any atom is -0.396 e. The molecular weight excluding hydrogens is 238 g/mol. The van der Waals surface area contributed by atoms with Crippen molar-refractivity contribution in [1.29, 1.82) is 0 Å². The fourth-order valence-corrected chi connectivity index (χ4v) is 3.29. The summed E-state index contributed by atoms with van der Waals surface area (Å²) in [6, 6.07) is 10.5. The van der Waals surface area contributed by atoms with E-state index in [2.05, 4.69) is 17.4 Å². The van der Waals surface area contributed by atoms with E-state index in [0.717, 1.165) is 25.7 Å². The fraction of sp³-hybridized carbons (Fsp3) is 0.562. The molecule has 2 aliphatic rings. The number of aliphatic hydroxyl groups is 1. The Morgan fingerprint density at radius 2 is 2.05 bits per heavy atom. The van der Waals surface area contributed by atoms with Crippen LogP contribution in [0.15, 0.2) is 30.3 Å². The average Bonchev–Trinajstić information content (AvgIpc) is 3.14. The van der Waals surface area contributed by atoms with E-state index < -0.39 is 0 Å². The molecule has 0 bridgehead atoms. The van der Waals surface area contributed by atoms with E-state index in [0.29, 0.717) is 5.92 Å². The molecule has 0 heterocycles. The third-order valence-corrected chi connectivity index (χ3v) is 4.58. The first-order chi connectivity index (χ1) is 9.29. The predicted octanol–water partition coefficient (Wildman–Crippen LogP) is 2.07. The van der Waals surface area contributed by atoms with E-state index in [4.69, 9.17) is 0 Å². The minimum absolute atomic E-state index is 0.141. The highest BCUT2D eigenvalue weighted by Crippen LogP contribution is 2.47. The Bertz CT molecular complexity index is 445. The third-order valence-electron chi connectivity index (χ3n) is 4.58. The lowest BCUT2D eigenvalue weighted by Gasteiger charge is -2.19. The lowest BCUT2D eigenvalue weighted by molar-refractivity contribution is -0.123. The number of hydrogen-bond acceptors (Lipinski definition) is 2. The number of carbonyl (C=O) groups is 1. The molecule has 0 aliphatic heterocycles. The van der Waals surface area contributed by atoms with Gasteiger partial charge >= 0.3 is 0 Å². The van der Waals surface area contributed by atoms with E-state index in [1.807, 2.05) is 18.2 Å². The summed E-state index contributed by atoms with van der Waals surface area (Å²) < 4.78 is 0. The van der Waals surface area contributed by atoms with Crippen LogP contribution in [0, 0.1) is 11.8 Å². The average molecular weight is 259 g/mol. The van der Waals surface area contributed by atoms with Gasteiger partial charge in [0.25, 0.3) is 0 Å². The van der Waals surface area contributed by atoms with Crippen molar-refractivity contribution in [2.75, 3.05) is 6.61 Å². The highest BCUT2D eigenvalue weighted by molar-refractivity contribution is 5.83. The van der Waals surface area contributed by atoms with E-state index in [-0.39, 0.29) is 30.4 Å². The molecule has 0 spiro atoms. The van der Waals surface area contributed by atoms with Crippen LogP contribution >= 0.6 is 0 Å². The van der Waals surface area contributed by atoms with Crippen molar-refractivity contribution in [1.82, 2.24) is 5.32 Å². The number of rotatable bonds is 4. The van der Waals surface area contributed by atoms with Gasteiger partial charge in [-0.05, 0) is 30.7 Å². The zero-order valence-corrected chi connectivity index (χ0v) is 11.1. The molecule has 2 fully saturated rings. The molecule has 19 heavy (non-hydrogen) atoms. The molecule has 2 N–H and O–H groups in total. The molecule has 3 heteroatoms. The molecule has 0 aromatic heterocycles. The Morgan fingerprint density at radius 1 is 1.26 bits per heavy atom. The first-order valence-electron chi connectivity index (χ1n) is 7.25. The van der Waals surface area contributed by atoms with Crippen LogP contribution in [0.25, 0.3) is 0 Å². The van der Waals surface area contributed by atoms with E-state index in [1.54, 1.807) is 0 Å². The zero-order valence-electron chi connectivity index (χ0n) is 11.1. The predicted molar refractivity (Wildman–Crippen MR) is 73.6 cm³/mol. The lowest BCUT2D eigenvalue weighted by atomic mass is 10.0. The minimum atomic E-state index is 0.141. The molecule has 2 aliphatic carbocycles. The standard InChI is InChI=1S/C16H21NO2/c18-10-12-7-4-8-15(12)17-16(19)14-9-13(14)11-5-2-1-3-6-11/h1-3,5-6,12-15,18H,4,7-10H2,(H,17,19). The van der Waals surface area contributed by atoms with Gasteiger partial charge in [-0.25, -0.2) is 0 Å². The summed E-state index contributed by atoms with van der Waals surface area (Å²) in [5, 5.41) is 12.4. The maximum absolute atomic E-state index is 12.2. The van der Waals surface area contributed by atoms with Gasteiger partial charge in [0.2, 0.25) is 5.91 Å². The topological polar surface area (TPSA) is 49.3 Å². The van der Waals surface area contributed by atoms with Gasteiger partial charge in [-0.3, -0.25) is 4.79 Å². The highest BCUT2D eigenvalue weighted by Gasteiger charge is 2.44. The maximum Gasteiger partial charge on any atom is 0.223 e. The van der Waals surface area contributed by atoms with Gasteiger partial charge in [-0.1, -0.05) is 36.8 Å². The quantitative estimate of drug-likeness (QED) is 0.869. The van der Waals surface area contributed by atoms with Crippen molar-refractivity contribution in [3.63, 3.8) is 0 Å². The second-order valence-electron chi connectivity index (χ2n) is 5.85. The largest absolute Gasteiger partial charge is 0.396 e. The second kappa shape index (κ2) is 5.33. The molecule has 3 rings (SSSR count). The summed E-state index contributed by atoms with van der Waals surface area (Å²) >= 11 is 0. The van der Waals surface area contributed by atoms with E-state index >= 15 is 0 Å². The van der Waals surface area contributed by atoms with Crippen molar-refractivity contribution >= 4 is 5.91 Å². The number of nitrogens with one attached hydrogen (secondary N) is 1. The Balaban J connectivity index is 1.55. The molecule has 1 aromatic carbocycles. The monoisotopic (exact) mass is 259 g/mol. The van der Waals surface area contributed by atoms with Crippen LogP contribution in [-0.2, 0) is 4.79 Å². The number of hydrogen-bond donors (Lipinski definition) is 2. The van der Waals surface area contributed by atoms with Gasteiger partial charge in [0.05, 0.1) is 0 Å². The van der Waals surface area contributed by atoms with Gasteiger partial charge in [0.1, 0.15) is 0 Å². The normalized spacial score (nSPS) is 33.1. The smallest absolute Gasteiger partial charge is 0.223 e. The van der Waals surface area contributed by atoms with Crippen LogP contribution in [0.2, 0.25) is 0 Å². The molecule has 1 amide bonds. The van der Waals surface area contributed by atoms with Crippen molar-refractivity contribution < 1.29 is 9.90 Å². The summed E-state index contributed by atoms with van der Waals surface area (Å²) in [5.41, 5.74) is 1.27. The van der Waals surface area contributed by atoms with Crippen molar-refractivity contribution in [2.45, 2.75) is 37.6 Å². The van der Waals surface area contributed by atoms with Crippen molar-refractivity contribution in [2.24, 2.45) is 11.8 Å². The van der Waals surface area contributed by atoms with Crippen LogP contribution < -0.4 is 5.32 Å². The second-order valence-corrected chi connectivity index (χ2v) is 5.85. The molecule has 3 nitrogen and oxygen atoms in total. The van der Waals surface area contributed by atoms with Crippen LogP contribution in [0.5, 0.6) is 0 Å². The Labute approximate surface area is 114 Å². The maximum atomic E-state index is 12.2. The fourth-order valence-electron chi connectivity index (χ4n) is 3.29. The Kier molecular flexibility index (Phi) is 3.56. The Morgan fingerprint density at radius 3 is 2.79 bits per heavy atom. The lowest BCUT2D eigenvalue weighted by Crippen LogP contribution is -2.39. The van der Waals surface area contributed by atoms with Gasteiger partial charge in [-0.2, -0.15) is 0 Å². The molecular formula is C16H21NO2. The van der Waals surface area contributed by atoms with E-state index in [1.165, 1.54) is 5.56 Å². The molecule has 0 radical (unpaired) electrons. The van der Waals surface area contributed by atoms with Crippen molar-refractivity contribution in [3.05, 3.63) is 35.9 Å². The van der Waals surface area contributed by atoms with Crippen LogP contribution in [0.4, 0.5) is 0 Å². The molecule has 2 saturated carbocycles. The van der Waals surface area contributed by atoms with E-state index in [9.17, 15) is 9.90 Å². The third kappa shape index (κ3) is 2.66. The van der Waals surface area contributed by atoms with Gasteiger partial charge < -0.3 is 10.4 Å². The number of aliphatic hydroxyl groups excluding tert-OH is 1. The Hall–Kier alpha value is -1.35. The number of benzene rings is 1. The van der Waals surface area contributed by atoms with Crippen molar-refractivity contribution in [3.8, 4) is 0 Å². The summed E-state index contributed by atoms with van der Waals surface area (Å²) in [4.78, 5) is 12.2. The molecule has 0 saturated heterocycles. The summed E-state index contributed by atoms with van der Waals surface area (Å²) in [6.45, 7) is 0.192. The summed E-state index contributed by atoms with van der Waals surface area (Å²) in [6.07, 6.45) is 4.13. The summed E-state index contributed by atoms with van der Waals surface area (Å²) in [7, 11) is 0. The van der Waals surface area contributed by atoms with Crippen LogP contribution in [0.3, 0.4) is 0 Å². The molecule has 102 valence electrons. The molecule has 4 unspecified atom stereocenters. The van der Waals surface area contributed by atoms with Gasteiger partial charge in [0, 0.05) is 24.5 Å². The molecule has 4 atom stereocenters. The number of amides is 1. The van der Waals surface area contributed by atoms with Crippen LogP contribution in [-0.4, -0.2) is 23.7 Å². The summed E-state index contributed by atoms with van der Waals surface area (Å²) in [5.74, 6) is 0.981. The van der Waals surface area contributed by atoms with Crippen LogP contribution in [0.1, 0.15) is 37.2 Å². The van der Waals surface area contributed by atoms with Gasteiger partial charge in [0.15, 0.2) is 0 Å². The number of carbonyl (C=O) groups excluding carboxylic acids is 1. The SMILES string of the molecule is O=C(NC1CCCC1CO)C1CC1c1ccccc1. The molecule has 1 aromatic rings.